The first kappa shape index (κ1) is 31.5. The molecule has 0 radical (unpaired) electrons. The second kappa shape index (κ2) is 11.7. The van der Waals surface area contributed by atoms with Crippen LogP contribution in [0.5, 0.6) is 0 Å². The Morgan fingerprint density at radius 2 is 0.879 bits per heavy atom. The van der Waals surface area contributed by atoms with E-state index < -0.39 is 5.41 Å². The lowest BCUT2D eigenvalue weighted by Crippen LogP contribution is -2.26. The van der Waals surface area contributed by atoms with Crippen LogP contribution >= 0.6 is 0 Å². The number of hydrogen-bond acceptors (Lipinski definition) is 4. The lowest BCUT2D eigenvalue weighted by atomic mass is 9.70. The SMILES string of the molecule is c1ccc(-c2nc(-c3ccc(-c4ccc5c(c4)C4(c6ccccc6-5)c5cccc6ccc7cccc4c7c56)cc3)nc(-c3ccc4c(c3)oc3ccccc34)n2)cc1. The van der Waals surface area contributed by atoms with Crippen LogP contribution in [0.15, 0.2) is 192 Å². The lowest BCUT2D eigenvalue weighted by molar-refractivity contribution is 0.669. The number of fused-ring (bicyclic) bond motifs is 10. The van der Waals surface area contributed by atoms with Gasteiger partial charge in [-0.05, 0) is 90.3 Å². The zero-order valence-electron chi connectivity index (χ0n) is 31.1. The van der Waals surface area contributed by atoms with Crippen molar-refractivity contribution in [3.8, 4) is 56.4 Å². The van der Waals surface area contributed by atoms with Crippen LogP contribution in [0.3, 0.4) is 0 Å². The summed E-state index contributed by atoms with van der Waals surface area (Å²) < 4.78 is 6.25. The second-order valence-corrected chi connectivity index (χ2v) is 15.5. The molecule has 58 heavy (non-hydrogen) atoms. The van der Waals surface area contributed by atoms with Gasteiger partial charge >= 0.3 is 0 Å². The Morgan fingerprint density at radius 3 is 1.64 bits per heavy atom. The molecule has 2 heterocycles. The molecule has 4 nitrogen and oxygen atoms in total. The third-order valence-electron chi connectivity index (χ3n) is 12.5. The summed E-state index contributed by atoms with van der Waals surface area (Å²) in [5, 5.41) is 7.49. The third-order valence-corrected chi connectivity index (χ3v) is 12.5. The maximum absolute atomic E-state index is 6.25. The maximum Gasteiger partial charge on any atom is 0.164 e. The van der Waals surface area contributed by atoms with Gasteiger partial charge in [0.05, 0.1) is 5.41 Å². The van der Waals surface area contributed by atoms with E-state index in [0.717, 1.165) is 44.2 Å². The second-order valence-electron chi connectivity index (χ2n) is 15.5. The largest absolute Gasteiger partial charge is 0.456 e. The lowest BCUT2D eigenvalue weighted by Gasteiger charge is -2.31. The molecular formula is C54H31N3O. The number of benzene rings is 9. The fourth-order valence-electron chi connectivity index (χ4n) is 9.99. The molecule has 0 unspecified atom stereocenters. The van der Waals surface area contributed by atoms with Gasteiger partial charge in [0.1, 0.15) is 11.2 Å². The molecular weight excluding hydrogens is 707 g/mol. The molecule has 0 bridgehead atoms. The highest BCUT2D eigenvalue weighted by Crippen LogP contribution is 2.62. The molecule has 4 heteroatoms. The average Bonchev–Trinajstić information content (AvgIpc) is 3.93. The zero-order chi connectivity index (χ0) is 38.0. The van der Waals surface area contributed by atoms with Gasteiger partial charge in [0.25, 0.3) is 0 Å². The molecule has 0 amide bonds. The number of para-hydroxylation sites is 1. The van der Waals surface area contributed by atoms with Crippen molar-refractivity contribution >= 4 is 43.5 Å². The van der Waals surface area contributed by atoms with Gasteiger partial charge in [-0.15, -0.1) is 0 Å². The average molecular weight is 738 g/mol. The Balaban J connectivity index is 0.941. The first-order valence-electron chi connectivity index (χ1n) is 19.8. The van der Waals surface area contributed by atoms with Crippen LogP contribution in [-0.2, 0) is 5.41 Å². The van der Waals surface area contributed by atoms with Crippen molar-refractivity contribution in [2.45, 2.75) is 5.41 Å². The van der Waals surface area contributed by atoms with E-state index in [0.29, 0.717) is 17.5 Å². The Kier molecular flexibility index (Phi) is 6.34. The molecule has 11 aromatic rings. The molecule has 13 rings (SSSR count). The molecule has 0 saturated carbocycles. The fraction of sp³-hybridized carbons (Fsp3) is 0.0185. The minimum absolute atomic E-state index is 0.398. The van der Waals surface area contributed by atoms with Crippen molar-refractivity contribution in [1.29, 1.82) is 0 Å². The quantitative estimate of drug-likeness (QED) is 0.169. The van der Waals surface area contributed by atoms with E-state index in [9.17, 15) is 0 Å². The van der Waals surface area contributed by atoms with Crippen LogP contribution in [0.2, 0.25) is 0 Å². The molecule has 2 aromatic heterocycles. The van der Waals surface area contributed by atoms with E-state index in [2.05, 4.69) is 133 Å². The van der Waals surface area contributed by atoms with E-state index in [1.165, 1.54) is 60.5 Å². The van der Waals surface area contributed by atoms with Crippen molar-refractivity contribution in [3.63, 3.8) is 0 Å². The molecule has 1 spiro atoms. The van der Waals surface area contributed by atoms with E-state index in [1.807, 2.05) is 54.6 Å². The van der Waals surface area contributed by atoms with E-state index >= 15 is 0 Å². The van der Waals surface area contributed by atoms with Gasteiger partial charge in [0.2, 0.25) is 0 Å². The van der Waals surface area contributed by atoms with Crippen molar-refractivity contribution in [1.82, 2.24) is 15.0 Å². The van der Waals surface area contributed by atoms with Crippen LogP contribution in [0, 0.1) is 0 Å². The smallest absolute Gasteiger partial charge is 0.164 e. The van der Waals surface area contributed by atoms with Crippen molar-refractivity contribution in [2.24, 2.45) is 0 Å². The Morgan fingerprint density at radius 1 is 0.328 bits per heavy atom. The first-order valence-corrected chi connectivity index (χ1v) is 19.8. The summed E-state index contributed by atoms with van der Waals surface area (Å²) in [6.07, 6.45) is 0. The predicted molar refractivity (Wildman–Crippen MR) is 235 cm³/mol. The zero-order valence-corrected chi connectivity index (χ0v) is 31.1. The Labute approximate surface area is 333 Å². The third kappa shape index (κ3) is 4.26. The summed E-state index contributed by atoms with van der Waals surface area (Å²) >= 11 is 0. The van der Waals surface area contributed by atoms with Gasteiger partial charge in [0.15, 0.2) is 17.5 Å². The summed E-state index contributed by atoms with van der Waals surface area (Å²) in [6, 6.07) is 67.4. The molecule has 268 valence electrons. The molecule has 0 fully saturated rings. The van der Waals surface area contributed by atoms with Crippen molar-refractivity contribution in [3.05, 3.63) is 210 Å². The predicted octanol–water partition coefficient (Wildman–Crippen LogP) is 13.4. The molecule has 9 aromatic carbocycles. The Bertz CT molecular complexity index is 3450. The number of hydrogen-bond donors (Lipinski definition) is 0. The molecule has 2 aliphatic rings. The highest BCUT2D eigenvalue weighted by molar-refractivity contribution is 6.17. The number of furan rings is 1. The van der Waals surface area contributed by atoms with E-state index in [-0.39, 0.29) is 0 Å². The van der Waals surface area contributed by atoms with Gasteiger partial charge in [-0.1, -0.05) is 164 Å². The minimum Gasteiger partial charge on any atom is -0.456 e. The summed E-state index contributed by atoms with van der Waals surface area (Å²) in [4.78, 5) is 15.1. The number of nitrogens with zero attached hydrogens (tertiary/aromatic N) is 3. The van der Waals surface area contributed by atoms with Crippen molar-refractivity contribution in [2.75, 3.05) is 0 Å². The highest BCUT2D eigenvalue weighted by Gasteiger charge is 2.50. The van der Waals surface area contributed by atoms with E-state index in [1.54, 1.807) is 0 Å². The van der Waals surface area contributed by atoms with Crippen LogP contribution < -0.4 is 0 Å². The molecule has 0 aliphatic heterocycles. The normalized spacial score (nSPS) is 13.3. The van der Waals surface area contributed by atoms with Crippen LogP contribution in [0.25, 0.3) is 99.9 Å². The first-order chi connectivity index (χ1) is 28.7. The van der Waals surface area contributed by atoms with Gasteiger partial charge in [0, 0.05) is 27.5 Å². The van der Waals surface area contributed by atoms with Gasteiger partial charge in [-0.25, -0.2) is 15.0 Å². The maximum atomic E-state index is 6.25. The summed E-state index contributed by atoms with van der Waals surface area (Å²) in [5.74, 6) is 1.84. The summed E-state index contributed by atoms with van der Waals surface area (Å²) in [7, 11) is 0. The molecule has 0 N–H and O–H groups in total. The fourth-order valence-corrected chi connectivity index (χ4v) is 9.99. The highest BCUT2D eigenvalue weighted by atomic mass is 16.3. The molecule has 0 saturated heterocycles. The van der Waals surface area contributed by atoms with Gasteiger partial charge < -0.3 is 4.42 Å². The van der Waals surface area contributed by atoms with Crippen LogP contribution in [0.1, 0.15) is 22.3 Å². The standard InChI is InChI=1S/C54H31N3O/c1-2-10-35(11-3-1)51-55-52(57-53(56-51)38-27-29-42-41-15-5-7-19-47(41)58-48(42)31-38)36-24-20-32(21-25-36)37-26-28-40-39-14-4-6-16-43(39)54(46(40)30-37)44-17-8-12-33-22-23-34-13-9-18-45(54)50(34)49(33)44/h1-31H. The van der Waals surface area contributed by atoms with Crippen LogP contribution in [0.4, 0.5) is 0 Å². The molecule has 0 atom stereocenters. The van der Waals surface area contributed by atoms with Gasteiger partial charge in [-0.2, -0.15) is 0 Å². The van der Waals surface area contributed by atoms with E-state index in [4.69, 9.17) is 19.4 Å². The topological polar surface area (TPSA) is 51.8 Å². The monoisotopic (exact) mass is 737 g/mol. The summed E-state index contributed by atoms with van der Waals surface area (Å²) in [6.45, 7) is 0. The van der Waals surface area contributed by atoms with Crippen LogP contribution in [-0.4, -0.2) is 15.0 Å². The van der Waals surface area contributed by atoms with Gasteiger partial charge in [-0.3, -0.25) is 0 Å². The van der Waals surface area contributed by atoms with Crippen molar-refractivity contribution < 1.29 is 4.42 Å². The summed E-state index contributed by atoms with van der Waals surface area (Å²) in [5.41, 5.74) is 14.3. The minimum atomic E-state index is -0.398. The Hall–Kier alpha value is -7.69. The molecule has 2 aliphatic carbocycles. The number of rotatable bonds is 4. The number of aromatic nitrogens is 3.